The van der Waals surface area contributed by atoms with Crippen molar-refractivity contribution in [2.24, 2.45) is 29.6 Å². The second-order valence-electron chi connectivity index (χ2n) is 12.4. The van der Waals surface area contributed by atoms with Crippen molar-refractivity contribution < 1.29 is 0 Å². The topological polar surface area (TPSA) is 0 Å². The quantitative estimate of drug-likeness (QED) is 0.364. The smallest absolute Gasteiger partial charge is 0.00828 e. The molecule has 0 radical (unpaired) electrons. The Balaban J connectivity index is 1.45. The first-order chi connectivity index (χ1) is 17.2. The zero-order chi connectivity index (χ0) is 25.6. The maximum absolute atomic E-state index is 4.55. The van der Waals surface area contributed by atoms with Crippen molar-refractivity contribution >= 4 is 6.08 Å². The van der Waals surface area contributed by atoms with Crippen LogP contribution < -0.4 is 0 Å². The molecule has 0 aromatic heterocycles. The molecule has 0 amide bonds. The molecule has 0 heterocycles. The Morgan fingerprint density at radius 1 is 1.00 bits per heavy atom. The summed E-state index contributed by atoms with van der Waals surface area (Å²) in [4.78, 5) is 0. The molecular weight excluding hydrogens is 432 g/mol. The summed E-state index contributed by atoms with van der Waals surface area (Å²) in [6, 6.07) is 11.8. The van der Waals surface area contributed by atoms with Gasteiger partial charge in [-0.2, -0.15) is 0 Å². The van der Waals surface area contributed by atoms with Crippen LogP contribution in [0, 0.1) is 43.4 Å². The molecule has 0 bridgehead atoms. The minimum Gasteiger partial charge on any atom is -0.0986 e. The fraction of sp³-hybridized carbons (Fsp3) is 0.444. The first kappa shape index (κ1) is 25.1. The highest BCUT2D eigenvalue weighted by Gasteiger charge is 2.30. The molecule has 3 aliphatic rings. The highest BCUT2D eigenvalue weighted by Crippen LogP contribution is 2.44. The molecule has 1 saturated carbocycles. The standard InChI is InChI=1S/C36H44/c1-22(2)31-15-14-25(5)33(27(31)7)19-28-18-30-12-9-13-32(35(30)20-28)36-17-23(3)16-26(6)34(36)21-29-11-8-10-24(29)4/h9,12-18,22,24,29,31,33H,5,7-8,10-11,19-21H2,1-4,6H3/t24-,29-,31?,33?/m0/s1. The van der Waals surface area contributed by atoms with E-state index in [0.29, 0.717) is 17.8 Å². The lowest BCUT2D eigenvalue weighted by molar-refractivity contribution is 0.417. The Morgan fingerprint density at radius 3 is 2.53 bits per heavy atom. The molecule has 4 atom stereocenters. The van der Waals surface area contributed by atoms with E-state index in [1.165, 1.54) is 75.8 Å². The van der Waals surface area contributed by atoms with E-state index in [1.807, 2.05) is 0 Å². The molecule has 1 fully saturated rings. The van der Waals surface area contributed by atoms with E-state index in [1.54, 1.807) is 5.56 Å². The van der Waals surface area contributed by atoms with Gasteiger partial charge in [-0.1, -0.05) is 112 Å². The van der Waals surface area contributed by atoms with Crippen molar-refractivity contribution in [1.29, 1.82) is 0 Å². The van der Waals surface area contributed by atoms with Crippen LogP contribution in [0.25, 0.3) is 17.2 Å². The number of hydrogen-bond donors (Lipinski definition) is 0. The third-order valence-electron chi connectivity index (χ3n) is 9.41. The maximum atomic E-state index is 4.55. The van der Waals surface area contributed by atoms with Gasteiger partial charge in [-0.3, -0.25) is 0 Å². The minimum atomic E-state index is 0.354. The van der Waals surface area contributed by atoms with Crippen molar-refractivity contribution in [1.82, 2.24) is 0 Å². The Morgan fingerprint density at radius 2 is 1.81 bits per heavy atom. The molecule has 36 heavy (non-hydrogen) atoms. The van der Waals surface area contributed by atoms with Gasteiger partial charge in [-0.15, -0.1) is 0 Å². The molecule has 188 valence electrons. The second kappa shape index (κ2) is 10.0. The van der Waals surface area contributed by atoms with E-state index >= 15 is 0 Å². The van der Waals surface area contributed by atoms with E-state index < -0.39 is 0 Å². The lowest BCUT2D eigenvalue weighted by Crippen LogP contribution is -2.21. The highest BCUT2D eigenvalue weighted by atomic mass is 14.3. The van der Waals surface area contributed by atoms with Gasteiger partial charge < -0.3 is 0 Å². The average molecular weight is 477 g/mol. The fourth-order valence-electron chi connectivity index (χ4n) is 7.23. The van der Waals surface area contributed by atoms with Crippen LogP contribution in [0.5, 0.6) is 0 Å². The third kappa shape index (κ3) is 4.72. The summed E-state index contributed by atoms with van der Waals surface area (Å²) in [5.74, 6) is 3.05. The van der Waals surface area contributed by atoms with Gasteiger partial charge in [0.25, 0.3) is 0 Å². The molecule has 0 spiro atoms. The van der Waals surface area contributed by atoms with Crippen LogP contribution in [-0.4, -0.2) is 0 Å². The highest BCUT2D eigenvalue weighted by molar-refractivity contribution is 5.80. The van der Waals surface area contributed by atoms with Gasteiger partial charge in [0.1, 0.15) is 0 Å². The van der Waals surface area contributed by atoms with Crippen LogP contribution in [0.1, 0.15) is 74.3 Å². The normalized spacial score (nSPS) is 25.6. The van der Waals surface area contributed by atoms with Crippen molar-refractivity contribution in [3.8, 4) is 11.1 Å². The molecule has 5 rings (SSSR count). The minimum absolute atomic E-state index is 0.354. The Kier molecular flexibility index (Phi) is 6.99. The fourth-order valence-corrected chi connectivity index (χ4v) is 7.23. The Hall–Kier alpha value is -2.60. The zero-order valence-corrected chi connectivity index (χ0v) is 23.2. The predicted molar refractivity (Wildman–Crippen MR) is 157 cm³/mol. The number of hydrogen-bond acceptors (Lipinski definition) is 0. The summed E-state index contributed by atoms with van der Waals surface area (Å²) in [6.45, 7) is 20.6. The first-order valence-electron chi connectivity index (χ1n) is 14.2. The van der Waals surface area contributed by atoms with E-state index in [0.717, 1.165) is 24.7 Å². The molecule has 2 aromatic carbocycles. The Bertz CT molecular complexity index is 1250. The second-order valence-corrected chi connectivity index (χ2v) is 12.4. The summed E-state index contributed by atoms with van der Waals surface area (Å²) < 4.78 is 0. The van der Waals surface area contributed by atoms with Crippen molar-refractivity contribution in [3.63, 3.8) is 0 Å². The number of fused-ring (bicyclic) bond motifs is 1. The molecule has 0 saturated heterocycles. The van der Waals surface area contributed by atoms with Crippen LogP contribution in [0.15, 0.2) is 72.4 Å². The van der Waals surface area contributed by atoms with Crippen molar-refractivity contribution in [2.75, 3.05) is 0 Å². The van der Waals surface area contributed by atoms with Gasteiger partial charge in [0.05, 0.1) is 0 Å². The molecule has 0 heteroatoms. The van der Waals surface area contributed by atoms with Gasteiger partial charge >= 0.3 is 0 Å². The van der Waals surface area contributed by atoms with E-state index in [4.69, 9.17) is 0 Å². The van der Waals surface area contributed by atoms with Gasteiger partial charge in [-0.25, -0.2) is 0 Å². The lowest BCUT2D eigenvalue weighted by atomic mass is 9.72. The average Bonchev–Trinajstić information content (AvgIpc) is 3.43. The van der Waals surface area contributed by atoms with Crippen LogP contribution >= 0.6 is 0 Å². The maximum Gasteiger partial charge on any atom is 0.00828 e. The molecule has 0 nitrogen and oxygen atoms in total. The van der Waals surface area contributed by atoms with Gasteiger partial charge in [0.15, 0.2) is 0 Å². The van der Waals surface area contributed by atoms with E-state index in [2.05, 4.69) is 96.3 Å². The predicted octanol–water partition coefficient (Wildman–Crippen LogP) is 9.85. The zero-order valence-electron chi connectivity index (χ0n) is 23.2. The van der Waals surface area contributed by atoms with Gasteiger partial charge in [0, 0.05) is 11.8 Å². The SMILES string of the molecule is C=C1C=CC(C(C)C)C(=C)C1CC1=Cc2cccc(-c3cc(C)cc(C)c3C[C@@H]3CCC[C@@H]3C)c2C1. The number of allylic oxidation sites excluding steroid dienone is 5. The monoisotopic (exact) mass is 476 g/mol. The van der Waals surface area contributed by atoms with Crippen LogP contribution in [0.4, 0.5) is 0 Å². The molecular formula is C36H44. The van der Waals surface area contributed by atoms with Gasteiger partial charge in [-0.05, 0) is 96.2 Å². The molecule has 0 N–H and O–H groups in total. The number of benzene rings is 2. The van der Waals surface area contributed by atoms with Crippen LogP contribution in [0.3, 0.4) is 0 Å². The van der Waals surface area contributed by atoms with E-state index in [9.17, 15) is 0 Å². The molecule has 0 aliphatic heterocycles. The third-order valence-corrected chi connectivity index (χ3v) is 9.41. The summed E-state index contributed by atoms with van der Waals surface area (Å²) in [5, 5.41) is 0. The summed E-state index contributed by atoms with van der Waals surface area (Å²) in [5.41, 5.74) is 14.4. The molecule has 2 aromatic rings. The summed E-state index contributed by atoms with van der Waals surface area (Å²) in [7, 11) is 0. The van der Waals surface area contributed by atoms with Crippen molar-refractivity contribution in [3.05, 3.63) is 100 Å². The number of rotatable bonds is 6. The van der Waals surface area contributed by atoms with Crippen molar-refractivity contribution in [2.45, 2.75) is 73.1 Å². The summed E-state index contributed by atoms with van der Waals surface area (Å²) in [6.07, 6.45) is 14.5. The van der Waals surface area contributed by atoms with Crippen LogP contribution in [0.2, 0.25) is 0 Å². The summed E-state index contributed by atoms with van der Waals surface area (Å²) >= 11 is 0. The van der Waals surface area contributed by atoms with E-state index in [-0.39, 0.29) is 0 Å². The Labute approximate surface area is 219 Å². The largest absolute Gasteiger partial charge is 0.0986 e. The first-order valence-corrected chi connectivity index (χ1v) is 14.2. The lowest BCUT2D eigenvalue weighted by Gasteiger charge is -2.32. The van der Waals surface area contributed by atoms with Gasteiger partial charge in [0.2, 0.25) is 0 Å². The molecule has 3 aliphatic carbocycles. The molecule has 2 unspecified atom stereocenters. The van der Waals surface area contributed by atoms with Crippen LogP contribution in [-0.2, 0) is 12.8 Å². The number of aryl methyl sites for hydroxylation is 2.